The van der Waals surface area contributed by atoms with Crippen LogP contribution in [0.2, 0.25) is 0 Å². The van der Waals surface area contributed by atoms with Crippen LogP contribution in [-0.2, 0) is 0 Å². The topological polar surface area (TPSA) is 350 Å². The van der Waals surface area contributed by atoms with E-state index in [0.717, 1.165) is 9.79 Å². The summed E-state index contributed by atoms with van der Waals surface area (Å²) in [7, 11) is 0. The van der Waals surface area contributed by atoms with Crippen LogP contribution in [-0.4, -0.2) is 49.1 Å². The Balaban J connectivity index is 0.000000293. The summed E-state index contributed by atoms with van der Waals surface area (Å²) >= 11 is 2.51. The molecule has 0 fully saturated rings. The van der Waals surface area contributed by atoms with Gasteiger partial charge < -0.3 is 51.3 Å². The normalized spacial score (nSPS) is 9.86. The van der Waals surface area contributed by atoms with Gasteiger partial charge in [-0.3, -0.25) is 9.59 Å². The first kappa shape index (κ1) is 33.5. The van der Waals surface area contributed by atoms with Gasteiger partial charge in [-0.25, -0.2) is 19.9 Å². The SMILES string of the molecule is NC(N)=NC(=O)c1nc(Sc2ccccc2)c(N)nc1N.NC(N)=NC(=O)c1nc(Sc2ccccc2)c(N)nc1N.O. The summed E-state index contributed by atoms with van der Waals surface area (Å²) in [4.78, 5) is 48.2. The highest BCUT2D eigenvalue weighted by Crippen LogP contribution is 2.31. The van der Waals surface area contributed by atoms with Crippen LogP contribution in [0.5, 0.6) is 0 Å². The molecule has 2 aromatic heterocycles. The Kier molecular flexibility index (Phi) is 12.0. The van der Waals surface area contributed by atoms with Gasteiger partial charge in [-0.2, -0.15) is 9.98 Å². The van der Waals surface area contributed by atoms with Crippen molar-refractivity contribution in [2.75, 3.05) is 22.9 Å². The first-order chi connectivity index (χ1) is 19.9. The quantitative estimate of drug-likeness (QED) is 0.0997. The molecule has 0 spiro atoms. The molecule has 19 heteroatoms. The van der Waals surface area contributed by atoms with Gasteiger partial charge in [0.15, 0.2) is 46.6 Å². The Morgan fingerprint density at radius 1 is 0.535 bits per heavy atom. The van der Waals surface area contributed by atoms with E-state index in [9.17, 15) is 9.59 Å². The largest absolute Gasteiger partial charge is 0.412 e. The summed E-state index contributed by atoms with van der Waals surface area (Å²) in [6, 6.07) is 18.7. The highest BCUT2D eigenvalue weighted by Gasteiger charge is 2.18. The van der Waals surface area contributed by atoms with Gasteiger partial charge in [-0.15, -0.1) is 0 Å². The lowest BCUT2D eigenvalue weighted by Crippen LogP contribution is -2.25. The fourth-order valence-corrected chi connectivity index (χ4v) is 4.51. The number of rotatable bonds is 6. The van der Waals surface area contributed by atoms with Crippen molar-refractivity contribution in [3.05, 3.63) is 72.1 Å². The number of hydrogen-bond donors (Lipinski definition) is 8. The average Bonchev–Trinajstić information content (AvgIpc) is 2.92. The summed E-state index contributed by atoms with van der Waals surface area (Å²) in [6.45, 7) is 0. The lowest BCUT2D eigenvalue weighted by Gasteiger charge is -2.07. The lowest BCUT2D eigenvalue weighted by atomic mass is 10.4. The molecule has 2 amide bonds. The van der Waals surface area contributed by atoms with Crippen molar-refractivity contribution in [1.82, 2.24) is 19.9 Å². The van der Waals surface area contributed by atoms with Gasteiger partial charge in [0.05, 0.1) is 0 Å². The Bertz CT molecular complexity index is 1520. The van der Waals surface area contributed by atoms with Crippen molar-refractivity contribution in [3.8, 4) is 0 Å². The third-order valence-electron chi connectivity index (χ3n) is 4.61. The third kappa shape index (κ3) is 9.74. The minimum absolute atomic E-state index is 0. The van der Waals surface area contributed by atoms with Crippen molar-refractivity contribution in [2.24, 2.45) is 32.9 Å². The molecule has 0 aliphatic heterocycles. The number of amides is 2. The van der Waals surface area contributed by atoms with E-state index in [-0.39, 0.29) is 52.1 Å². The molecule has 0 aliphatic carbocycles. The monoisotopic (exact) mass is 624 g/mol. The number of hydrogen-bond acceptors (Lipinski definition) is 12. The summed E-state index contributed by atoms with van der Waals surface area (Å²) in [5.74, 6) is -2.29. The zero-order valence-corrected chi connectivity index (χ0v) is 23.8. The second-order valence-corrected chi connectivity index (χ2v) is 9.93. The van der Waals surface area contributed by atoms with Gasteiger partial charge in [0, 0.05) is 9.79 Å². The molecule has 43 heavy (non-hydrogen) atoms. The van der Waals surface area contributed by atoms with Gasteiger partial charge in [-0.05, 0) is 24.3 Å². The fraction of sp³-hybridized carbons (Fsp3) is 0. The van der Waals surface area contributed by atoms with Crippen LogP contribution in [0.15, 0.2) is 90.5 Å². The maximum Gasteiger partial charge on any atom is 0.302 e. The first-order valence-corrected chi connectivity index (χ1v) is 13.2. The number of carbonyl (C=O) groups is 2. The Labute approximate surface area is 253 Å². The molecule has 0 aliphatic rings. The standard InChI is InChI=1S/2C12H13N7OS.H2O/c2*13-8-7(10(20)19-12(15)16)17-11(9(14)18-8)21-6-4-2-1-3-5-6;/h2*1-5H,(H4,13,14,18)(H4,15,16,19,20);1H2. The number of nitrogens with zero attached hydrogens (tertiary/aromatic N) is 6. The number of carbonyl (C=O) groups excluding carboxylic acids is 2. The van der Waals surface area contributed by atoms with Crippen molar-refractivity contribution in [1.29, 1.82) is 0 Å². The van der Waals surface area contributed by atoms with E-state index in [1.807, 2.05) is 60.7 Å². The molecule has 4 aromatic rings. The molecule has 0 saturated carbocycles. The number of nitrogen functional groups attached to an aromatic ring is 4. The van der Waals surface area contributed by atoms with E-state index in [4.69, 9.17) is 45.9 Å². The molecule has 2 aromatic carbocycles. The number of anilines is 4. The molecule has 18 N–H and O–H groups in total. The minimum atomic E-state index is -0.769. The number of nitrogens with two attached hydrogens (primary N) is 8. The van der Waals surface area contributed by atoms with Crippen LogP contribution in [0.1, 0.15) is 21.0 Å². The Hall–Kier alpha value is -5.66. The molecular weight excluding hydrogens is 596 g/mol. The van der Waals surface area contributed by atoms with Gasteiger partial charge in [0.25, 0.3) is 0 Å². The van der Waals surface area contributed by atoms with Crippen molar-refractivity contribution < 1.29 is 15.1 Å². The first-order valence-electron chi connectivity index (χ1n) is 11.5. The van der Waals surface area contributed by atoms with E-state index < -0.39 is 11.8 Å². The Morgan fingerprint density at radius 3 is 1.16 bits per heavy atom. The third-order valence-corrected chi connectivity index (χ3v) is 6.62. The maximum atomic E-state index is 11.8. The number of aliphatic imine (C=N–C) groups is 2. The smallest absolute Gasteiger partial charge is 0.302 e. The van der Waals surface area contributed by atoms with E-state index >= 15 is 0 Å². The summed E-state index contributed by atoms with van der Waals surface area (Å²) in [5.41, 5.74) is 43.1. The van der Waals surface area contributed by atoms with E-state index in [1.165, 1.54) is 23.5 Å². The number of guanidine groups is 2. The van der Waals surface area contributed by atoms with Crippen molar-refractivity contribution in [2.45, 2.75) is 19.8 Å². The molecule has 2 heterocycles. The fourth-order valence-electron chi connectivity index (χ4n) is 2.90. The van der Waals surface area contributed by atoms with Crippen LogP contribution in [0, 0.1) is 0 Å². The predicted octanol–water partition coefficient (Wildman–Crippen LogP) is -0.413. The lowest BCUT2D eigenvalue weighted by molar-refractivity contribution is 0.0989. The minimum Gasteiger partial charge on any atom is -0.412 e. The molecule has 0 atom stereocenters. The van der Waals surface area contributed by atoms with E-state index in [1.54, 1.807) is 0 Å². The molecular formula is C24H28N14O3S2. The van der Waals surface area contributed by atoms with Gasteiger partial charge >= 0.3 is 11.8 Å². The number of benzene rings is 2. The molecule has 4 rings (SSSR count). The van der Waals surface area contributed by atoms with Crippen LogP contribution in [0.25, 0.3) is 0 Å². The maximum absolute atomic E-state index is 11.8. The highest BCUT2D eigenvalue weighted by molar-refractivity contribution is 7.99. The molecule has 0 unspecified atom stereocenters. The summed E-state index contributed by atoms with van der Waals surface area (Å²) in [6.07, 6.45) is 0. The van der Waals surface area contributed by atoms with Gasteiger partial charge in [0.1, 0.15) is 10.1 Å². The molecule has 0 saturated heterocycles. The molecule has 17 nitrogen and oxygen atoms in total. The van der Waals surface area contributed by atoms with Crippen molar-refractivity contribution >= 4 is 70.5 Å². The van der Waals surface area contributed by atoms with Gasteiger partial charge in [0.2, 0.25) is 0 Å². The zero-order chi connectivity index (χ0) is 30.8. The van der Waals surface area contributed by atoms with Crippen molar-refractivity contribution in [3.63, 3.8) is 0 Å². The van der Waals surface area contributed by atoms with Crippen LogP contribution < -0.4 is 45.9 Å². The molecule has 0 bridgehead atoms. The summed E-state index contributed by atoms with van der Waals surface area (Å²) < 4.78 is 0. The van der Waals surface area contributed by atoms with Crippen LogP contribution in [0.4, 0.5) is 23.3 Å². The molecule has 0 radical (unpaired) electrons. The van der Waals surface area contributed by atoms with E-state index in [0.29, 0.717) is 10.1 Å². The number of aromatic nitrogens is 4. The Morgan fingerprint density at radius 2 is 0.860 bits per heavy atom. The highest BCUT2D eigenvalue weighted by atomic mass is 32.2. The summed E-state index contributed by atoms with van der Waals surface area (Å²) in [5, 5.41) is 0.703. The molecule has 224 valence electrons. The van der Waals surface area contributed by atoms with E-state index in [2.05, 4.69) is 29.9 Å². The zero-order valence-electron chi connectivity index (χ0n) is 22.2. The van der Waals surface area contributed by atoms with Crippen LogP contribution >= 0.6 is 23.5 Å². The predicted molar refractivity (Wildman–Crippen MR) is 167 cm³/mol. The van der Waals surface area contributed by atoms with Gasteiger partial charge in [-0.1, -0.05) is 59.9 Å². The van der Waals surface area contributed by atoms with Crippen LogP contribution in [0.3, 0.4) is 0 Å². The average molecular weight is 625 g/mol. The second kappa shape index (κ2) is 15.4. The second-order valence-electron chi connectivity index (χ2n) is 7.81.